The second kappa shape index (κ2) is 4.60. The lowest BCUT2D eigenvalue weighted by atomic mass is 10.3. The van der Waals surface area contributed by atoms with Gasteiger partial charge in [-0.1, -0.05) is 0 Å². The maximum absolute atomic E-state index is 13.4. The molecule has 9 heteroatoms. The van der Waals surface area contributed by atoms with Crippen LogP contribution in [0.3, 0.4) is 0 Å². The Morgan fingerprint density at radius 2 is 2.41 bits per heavy atom. The summed E-state index contributed by atoms with van der Waals surface area (Å²) in [5, 5.41) is 11.6. The lowest BCUT2D eigenvalue weighted by molar-refractivity contribution is 0.580. The van der Waals surface area contributed by atoms with Gasteiger partial charge in [0.2, 0.25) is 5.95 Å². The molecule has 0 aromatic carbocycles. The maximum Gasteiger partial charge on any atom is 0.278 e. The van der Waals surface area contributed by atoms with Crippen LogP contribution >= 0.6 is 27.5 Å². The van der Waals surface area contributed by atoms with Crippen LogP contribution < -0.4 is 10.9 Å². The van der Waals surface area contributed by atoms with E-state index in [1.165, 1.54) is 6.20 Å². The molecule has 0 amide bonds. The van der Waals surface area contributed by atoms with E-state index in [1.807, 2.05) is 0 Å². The molecule has 0 aliphatic carbocycles. The molecule has 0 unspecified atom stereocenters. The molecule has 2 heterocycles. The first kappa shape index (κ1) is 11.7. The number of hydrogen-bond acceptors (Lipinski definition) is 6. The fourth-order valence-corrected chi connectivity index (χ4v) is 2.00. The third-order valence-electron chi connectivity index (χ3n) is 1.77. The Morgan fingerprint density at radius 3 is 3.06 bits per heavy atom. The van der Waals surface area contributed by atoms with E-state index in [2.05, 4.69) is 35.6 Å². The maximum atomic E-state index is 13.4. The first-order valence-electron chi connectivity index (χ1n) is 4.18. The molecule has 0 saturated carbocycles. The number of anilines is 2. The zero-order chi connectivity index (χ0) is 12.4. The summed E-state index contributed by atoms with van der Waals surface area (Å²) in [5.74, 6) is -0.781. The predicted molar refractivity (Wildman–Crippen MR) is 62.6 cm³/mol. The molecule has 2 N–H and O–H groups in total. The Morgan fingerprint density at radius 1 is 1.65 bits per heavy atom. The highest BCUT2D eigenvalue weighted by molar-refractivity contribution is 9.10. The Balaban J connectivity index is 2.39. The van der Waals surface area contributed by atoms with Crippen LogP contribution in [-0.4, -0.2) is 14.3 Å². The van der Waals surface area contributed by atoms with Crippen LogP contribution in [0.4, 0.5) is 15.1 Å². The molecule has 86 valence electrons. The van der Waals surface area contributed by atoms with Crippen molar-refractivity contribution in [2.75, 3.05) is 5.32 Å². The molecule has 0 radical (unpaired) electrons. The molecular formula is C8H3BrFN5OS. The lowest BCUT2D eigenvalue weighted by Crippen LogP contribution is -2.04. The first-order chi connectivity index (χ1) is 8.11. The Kier molecular flexibility index (Phi) is 3.16. The largest absolute Gasteiger partial charge is 0.340 e. The van der Waals surface area contributed by atoms with E-state index in [0.717, 1.165) is 11.5 Å². The Hall–Kier alpha value is -1.79. The van der Waals surface area contributed by atoms with E-state index in [0.29, 0.717) is 0 Å². The number of halogens is 2. The molecule has 2 aromatic rings. The third kappa shape index (κ3) is 2.32. The minimum Gasteiger partial charge on any atom is -0.340 e. The number of H-pyrrole nitrogens is 1. The summed E-state index contributed by atoms with van der Waals surface area (Å²) < 4.78 is 15.9. The molecule has 0 atom stereocenters. The highest BCUT2D eigenvalue weighted by atomic mass is 79.9. The number of nitriles is 1. The molecule has 0 bridgehead atoms. The number of nitrogens with zero attached hydrogens (tertiary/aromatic N) is 3. The van der Waals surface area contributed by atoms with E-state index in [4.69, 9.17) is 5.26 Å². The molecule has 2 aromatic heterocycles. The van der Waals surface area contributed by atoms with Crippen molar-refractivity contribution in [3.63, 3.8) is 0 Å². The van der Waals surface area contributed by atoms with Gasteiger partial charge in [-0.05, 0) is 27.5 Å². The molecular weight excluding hydrogens is 313 g/mol. The van der Waals surface area contributed by atoms with Crippen LogP contribution in [-0.2, 0) is 0 Å². The number of aromatic amines is 1. The van der Waals surface area contributed by atoms with Gasteiger partial charge in [-0.2, -0.15) is 14.6 Å². The summed E-state index contributed by atoms with van der Waals surface area (Å²) in [6, 6.07) is 1.73. The highest BCUT2D eigenvalue weighted by Crippen LogP contribution is 2.23. The van der Waals surface area contributed by atoms with Crippen molar-refractivity contribution in [3.8, 4) is 6.07 Å². The molecule has 0 aliphatic heterocycles. The van der Waals surface area contributed by atoms with Gasteiger partial charge in [0, 0.05) is 0 Å². The van der Waals surface area contributed by atoms with Crippen molar-refractivity contribution in [3.05, 3.63) is 32.8 Å². The molecule has 17 heavy (non-hydrogen) atoms. The highest BCUT2D eigenvalue weighted by Gasteiger charge is 2.13. The van der Waals surface area contributed by atoms with Crippen LogP contribution in [0.25, 0.3) is 0 Å². The fourth-order valence-electron chi connectivity index (χ4n) is 1.04. The van der Waals surface area contributed by atoms with Crippen LogP contribution in [0.15, 0.2) is 15.7 Å². The van der Waals surface area contributed by atoms with Gasteiger partial charge in [-0.3, -0.25) is 9.17 Å². The van der Waals surface area contributed by atoms with Crippen LogP contribution in [0.5, 0.6) is 0 Å². The van der Waals surface area contributed by atoms with Gasteiger partial charge in [0.05, 0.1) is 6.20 Å². The SMILES string of the molecule is N#Cc1c(Nc2cnc(Br)nc2F)s[nH]c1=O. The third-order valence-corrected chi connectivity index (χ3v) is 2.95. The van der Waals surface area contributed by atoms with Crippen molar-refractivity contribution >= 4 is 38.2 Å². The summed E-state index contributed by atoms with van der Waals surface area (Å²) >= 11 is 3.82. The Bertz CT molecular complexity index is 661. The van der Waals surface area contributed by atoms with Gasteiger partial charge in [-0.25, -0.2) is 4.98 Å². The van der Waals surface area contributed by atoms with E-state index in [1.54, 1.807) is 6.07 Å². The quantitative estimate of drug-likeness (QED) is 0.650. The number of rotatable bonds is 2. The van der Waals surface area contributed by atoms with E-state index >= 15 is 0 Å². The summed E-state index contributed by atoms with van der Waals surface area (Å²) in [5.41, 5.74) is -0.629. The molecule has 0 spiro atoms. The van der Waals surface area contributed by atoms with Gasteiger partial charge >= 0.3 is 0 Å². The standard InChI is InChI=1S/C8H3BrFN5OS/c9-8-12-2-4(5(10)14-8)13-7-3(1-11)6(16)15-17-7/h2,13H,(H,15,16). The minimum atomic E-state index is -0.781. The van der Waals surface area contributed by atoms with E-state index in [-0.39, 0.29) is 21.0 Å². The van der Waals surface area contributed by atoms with Crippen molar-refractivity contribution in [2.24, 2.45) is 0 Å². The average molecular weight is 316 g/mol. The van der Waals surface area contributed by atoms with Crippen LogP contribution in [0.1, 0.15) is 5.56 Å². The second-order valence-corrected chi connectivity index (χ2v) is 4.34. The van der Waals surface area contributed by atoms with Crippen molar-refractivity contribution < 1.29 is 4.39 Å². The zero-order valence-electron chi connectivity index (χ0n) is 7.99. The molecule has 0 aliphatic rings. The average Bonchev–Trinajstić information content (AvgIpc) is 2.63. The van der Waals surface area contributed by atoms with Gasteiger partial charge in [0.1, 0.15) is 16.8 Å². The fraction of sp³-hybridized carbons (Fsp3) is 0. The first-order valence-corrected chi connectivity index (χ1v) is 5.79. The van der Waals surface area contributed by atoms with Crippen molar-refractivity contribution in [2.45, 2.75) is 0 Å². The summed E-state index contributed by atoms with van der Waals surface area (Å²) in [4.78, 5) is 18.3. The molecule has 2 rings (SSSR count). The molecule has 0 fully saturated rings. The number of hydrogen-bond donors (Lipinski definition) is 2. The van der Waals surface area contributed by atoms with Crippen molar-refractivity contribution in [1.29, 1.82) is 5.26 Å². The van der Waals surface area contributed by atoms with Gasteiger partial charge < -0.3 is 5.32 Å². The zero-order valence-corrected chi connectivity index (χ0v) is 10.4. The summed E-state index contributed by atoms with van der Waals surface area (Å²) in [6.45, 7) is 0. The van der Waals surface area contributed by atoms with Crippen LogP contribution in [0, 0.1) is 17.3 Å². The second-order valence-electron chi connectivity index (χ2n) is 2.82. The minimum absolute atomic E-state index is 0.0139. The predicted octanol–water partition coefficient (Wildman–Crippen LogP) is 1.74. The Labute approximate surface area is 106 Å². The topological polar surface area (TPSA) is 94.5 Å². The van der Waals surface area contributed by atoms with Gasteiger partial charge in [0.25, 0.3) is 5.56 Å². The van der Waals surface area contributed by atoms with E-state index < -0.39 is 11.5 Å². The normalized spacial score (nSPS) is 9.94. The molecule has 0 saturated heterocycles. The lowest BCUT2D eigenvalue weighted by Gasteiger charge is -2.03. The number of aromatic nitrogens is 3. The summed E-state index contributed by atoms with van der Waals surface area (Å²) in [7, 11) is 0. The summed E-state index contributed by atoms with van der Waals surface area (Å²) in [6.07, 6.45) is 1.21. The van der Waals surface area contributed by atoms with E-state index in [9.17, 15) is 9.18 Å². The van der Waals surface area contributed by atoms with Gasteiger partial charge in [-0.15, -0.1) is 0 Å². The number of nitrogens with one attached hydrogen (secondary N) is 2. The smallest absolute Gasteiger partial charge is 0.278 e. The molecule has 6 nitrogen and oxygen atoms in total. The van der Waals surface area contributed by atoms with Crippen LogP contribution in [0.2, 0.25) is 0 Å². The van der Waals surface area contributed by atoms with Crippen molar-refractivity contribution in [1.82, 2.24) is 14.3 Å². The monoisotopic (exact) mass is 315 g/mol. The van der Waals surface area contributed by atoms with Gasteiger partial charge in [0.15, 0.2) is 10.3 Å².